The molecule has 1 heterocycles. The molecule has 3 rings (SSSR count). The summed E-state index contributed by atoms with van der Waals surface area (Å²) in [5.74, 6) is 0.824. The van der Waals surface area contributed by atoms with E-state index in [0.29, 0.717) is 10.7 Å². The third kappa shape index (κ3) is 4.04. The van der Waals surface area contributed by atoms with Crippen LogP contribution in [0.2, 0.25) is 0 Å². The number of anilines is 1. The third-order valence-corrected chi connectivity index (χ3v) is 4.98. The predicted molar refractivity (Wildman–Crippen MR) is 104 cm³/mol. The Morgan fingerprint density at radius 1 is 1.12 bits per heavy atom. The van der Waals surface area contributed by atoms with Crippen LogP contribution in [0.15, 0.2) is 53.9 Å². The maximum atomic E-state index is 12.3. The quantitative estimate of drug-likeness (QED) is 0.682. The largest absolute Gasteiger partial charge is 0.298 e. The van der Waals surface area contributed by atoms with E-state index in [4.69, 9.17) is 0 Å². The predicted octanol–water partition coefficient (Wildman–Crippen LogP) is 5.23. The van der Waals surface area contributed by atoms with Gasteiger partial charge in [0, 0.05) is 22.3 Å². The van der Waals surface area contributed by atoms with Crippen LogP contribution in [-0.2, 0) is 5.75 Å². The molecule has 1 N–H and O–H groups in total. The van der Waals surface area contributed by atoms with Gasteiger partial charge in [-0.2, -0.15) is 11.8 Å². The second kappa shape index (κ2) is 7.64. The summed E-state index contributed by atoms with van der Waals surface area (Å²) in [5.41, 5.74) is 5.01. The van der Waals surface area contributed by atoms with E-state index in [-0.39, 0.29) is 5.91 Å². The molecular formula is C19H18N2OS2. The molecule has 0 aliphatic heterocycles. The molecule has 0 atom stereocenters. The molecule has 5 heteroatoms. The fourth-order valence-corrected chi connectivity index (χ4v) is 3.52. The molecule has 0 unspecified atom stereocenters. The van der Waals surface area contributed by atoms with Crippen molar-refractivity contribution in [2.45, 2.75) is 12.7 Å². The molecular weight excluding hydrogens is 336 g/mol. The first-order valence-electron chi connectivity index (χ1n) is 7.57. The number of aryl methyl sites for hydroxylation is 1. The molecule has 0 fully saturated rings. The highest BCUT2D eigenvalue weighted by Gasteiger charge is 2.10. The molecule has 122 valence electrons. The van der Waals surface area contributed by atoms with Crippen LogP contribution < -0.4 is 5.32 Å². The molecule has 0 radical (unpaired) electrons. The minimum absolute atomic E-state index is 0.129. The van der Waals surface area contributed by atoms with Crippen molar-refractivity contribution in [3.05, 3.63) is 70.6 Å². The van der Waals surface area contributed by atoms with E-state index in [1.807, 2.05) is 41.8 Å². The normalized spacial score (nSPS) is 10.6. The number of thiazole rings is 1. The van der Waals surface area contributed by atoms with Gasteiger partial charge in [0.15, 0.2) is 5.13 Å². The Labute approximate surface area is 150 Å². The van der Waals surface area contributed by atoms with Gasteiger partial charge >= 0.3 is 0 Å². The zero-order valence-electron chi connectivity index (χ0n) is 13.6. The molecule has 0 saturated heterocycles. The highest BCUT2D eigenvalue weighted by molar-refractivity contribution is 7.97. The van der Waals surface area contributed by atoms with Crippen LogP contribution in [0.4, 0.5) is 5.13 Å². The monoisotopic (exact) mass is 354 g/mol. The first-order chi connectivity index (χ1) is 11.7. The number of nitrogens with zero attached hydrogens (tertiary/aromatic N) is 1. The van der Waals surface area contributed by atoms with Crippen molar-refractivity contribution >= 4 is 34.1 Å². The number of benzene rings is 2. The number of carbonyl (C=O) groups excluding carboxylic acids is 1. The Morgan fingerprint density at radius 3 is 2.50 bits per heavy atom. The van der Waals surface area contributed by atoms with Crippen LogP contribution in [0.3, 0.4) is 0 Å². The standard InChI is InChI=1S/C19H18N2OS2/c1-13-3-7-15(8-4-13)17-12-24-19(20-17)21-18(22)16-9-5-14(6-10-16)11-23-2/h3-10,12H,11H2,1-2H3,(H,20,21,22). The summed E-state index contributed by atoms with van der Waals surface area (Å²) in [4.78, 5) is 16.8. The molecule has 0 aliphatic rings. The Morgan fingerprint density at radius 2 is 1.83 bits per heavy atom. The fraction of sp³-hybridized carbons (Fsp3) is 0.158. The molecule has 1 aromatic heterocycles. The van der Waals surface area contributed by atoms with Crippen LogP contribution in [0, 0.1) is 6.92 Å². The van der Waals surface area contributed by atoms with Gasteiger partial charge in [0.2, 0.25) is 0 Å². The topological polar surface area (TPSA) is 42.0 Å². The minimum atomic E-state index is -0.129. The van der Waals surface area contributed by atoms with Crippen molar-refractivity contribution in [2.75, 3.05) is 11.6 Å². The van der Waals surface area contributed by atoms with Gasteiger partial charge < -0.3 is 0 Å². The molecule has 24 heavy (non-hydrogen) atoms. The molecule has 3 nitrogen and oxygen atoms in total. The van der Waals surface area contributed by atoms with Crippen LogP contribution in [0.1, 0.15) is 21.5 Å². The van der Waals surface area contributed by atoms with Gasteiger partial charge in [-0.15, -0.1) is 11.3 Å². The molecule has 3 aromatic rings. The number of rotatable bonds is 5. The fourth-order valence-electron chi connectivity index (χ4n) is 2.28. The molecule has 0 bridgehead atoms. The van der Waals surface area contributed by atoms with E-state index in [0.717, 1.165) is 17.0 Å². The van der Waals surface area contributed by atoms with Gasteiger partial charge in [-0.3, -0.25) is 10.1 Å². The summed E-state index contributed by atoms with van der Waals surface area (Å²) in [6.45, 7) is 2.06. The van der Waals surface area contributed by atoms with Gasteiger partial charge in [0.05, 0.1) is 5.69 Å². The molecule has 0 aliphatic carbocycles. The number of hydrogen-bond donors (Lipinski definition) is 1. The number of thioether (sulfide) groups is 1. The summed E-state index contributed by atoms with van der Waals surface area (Å²) in [7, 11) is 0. The highest BCUT2D eigenvalue weighted by Crippen LogP contribution is 2.25. The lowest BCUT2D eigenvalue weighted by molar-refractivity contribution is 0.102. The van der Waals surface area contributed by atoms with Crippen molar-refractivity contribution < 1.29 is 4.79 Å². The van der Waals surface area contributed by atoms with Crippen LogP contribution >= 0.6 is 23.1 Å². The van der Waals surface area contributed by atoms with Crippen LogP contribution in [0.5, 0.6) is 0 Å². The Balaban J connectivity index is 1.69. The lowest BCUT2D eigenvalue weighted by atomic mass is 10.1. The van der Waals surface area contributed by atoms with Crippen LogP contribution in [-0.4, -0.2) is 17.1 Å². The van der Waals surface area contributed by atoms with Crippen molar-refractivity contribution in [3.8, 4) is 11.3 Å². The lowest BCUT2D eigenvalue weighted by Crippen LogP contribution is -2.11. The Kier molecular flexibility index (Phi) is 5.33. The number of carbonyl (C=O) groups is 1. The van der Waals surface area contributed by atoms with Crippen molar-refractivity contribution in [2.24, 2.45) is 0 Å². The van der Waals surface area contributed by atoms with E-state index < -0.39 is 0 Å². The zero-order chi connectivity index (χ0) is 16.9. The maximum absolute atomic E-state index is 12.3. The molecule has 2 aromatic carbocycles. The van der Waals surface area contributed by atoms with E-state index in [1.165, 1.54) is 22.5 Å². The van der Waals surface area contributed by atoms with Crippen LogP contribution in [0.25, 0.3) is 11.3 Å². The SMILES string of the molecule is CSCc1ccc(C(=O)Nc2nc(-c3ccc(C)cc3)cs2)cc1. The Hall–Kier alpha value is -2.11. The Bertz CT molecular complexity index is 823. The van der Waals surface area contributed by atoms with E-state index >= 15 is 0 Å². The number of amides is 1. The van der Waals surface area contributed by atoms with Gasteiger partial charge in [-0.05, 0) is 30.9 Å². The summed E-state index contributed by atoms with van der Waals surface area (Å²) >= 11 is 3.20. The van der Waals surface area contributed by atoms with Crippen molar-refractivity contribution in [1.29, 1.82) is 0 Å². The van der Waals surface area contributed by atoms with Gasteiger partial charge in [-0.1, -0.05) is 42.0 Å². The highest BCUT2D eigenvalue weighted by atomic mass is 32.2. The minimum Gasteiger partial charge on any atom is -0.298 e. The first-order valence-corrected chi connectivity index (χ1v) is 9.85. The lowest BCUT2D eigenvalue weighted by Gasteiger charge is -2.03. The number of hydrogen-bond acceptors (Lipinski definition) is 4. The summed E-state index contributed by atoms with van der Waals surface area (Å²) < 4.78 is 0. The molecule has 0 saturated carbocycles. The smallest absolute Gasteiger partial charge is 0.257 e. The third-order valence-electron chi connectivity index (χ3n) is 3.60. The van der Waals surface area contributed by atoms with Gasteiger partial charge in [-0.25, -0.2) is 4.98 Å². The van der Waals surface area contributed by atoms with Gasteiger partial charge in [0.1, 0.15) is 0 Å². The molecule has 1 amide bonds. The molecule has 0 spiro atoms. The second-order valence-electron chi connectivity index (χ2n) is 5.49. The summed E-state index contributed by atoms with van der Waals surface area (Å²) in [5, 5.41) is 5.45. The van der Waals surface area contributed by atoms with E-state index in [2.05, 4.69) is 35.6 Å². The maximum Gasteiger partial charge on any atom is 0.257 e. The number of nitrogens with one attached hydrogen (secondary N) is 1. The summed E-state index contributed by atoms with van der Waals surface area (Å²) in [6, 6.07) is 15.9. The second-order valence-corrected chi connectivity index (χ2v) is 7.21. The van der Waals surface area contributed by atoms with E-state index in [9.17, 15) is 4.79 Å². The van der Waals surface area contributed by atoms with Gasteiger partial charge in [0.25, 0.3) is 5.91 Å². The zero-order valence-corrected chi connectivity index (χ0v) is 15.2. The van der Waals surface area contributed by atoms with E-state index in [1.54, 1.807) is 11.8 Å². The van der Waals surface area contributed by atoms with Crippen molar-refractivity contribution in [3.63, 3.8) is 0 Å². The first kappa shape index (κ1) is 16.7. The average Bonchev–Trinajstić information content (AvgIpc) is 3.05. The number of aromatic nitrogens is 1. The average molecular weight is 354 g/mol. The van der Waals surface area contributed by atoms with Crippen molar-refractivity contribution in [1.82, 2.24) is 4.98 Å². The summed E-state index contributed by atoms with van der Waals surface area (Å²) in [6.07, 6.45) is 2.06.